The highest BCUT2D eigenvalue weighted by atomic mass is 16.7. The zero-order valence-electron chi connectivity index (χ0n) is 17.6. The van der Waals surface area contributed by atoms with Crippen LogP contribution in [0.1, 0.15) is 39.0 Å². The summed E-state index contributed by atoms with van der Waals surface area (Å²) in [6.45, 7) is 0. The fourth-order valence-corrected chi connectivity index (χ4v) is 4.37. The number of carbonyl (C=O) groups is 1. The molecule has 156 valence electrons. The van der Waals surface area contributed by atoms with Crippen LogP contribution < -0.4 is 0 Å². The summed E-state index contributed by atoms with van der Waals surface area (Å²) in [5, 5.41) is 4.53. The van der Waals surface area contributed by atoms with E-state index in [1.165, 1.54) is 0 Å². The highest BCUT2D eigenvalue weighted by Gasteiger charge is 2.40. The van der Waals surface area contributed by atoms with Crippen LogP contribution >= 0.6 is 0 Å². The van der Waals surface area contributed by atoms with E-state index in [2.05, 4.69) is 5.16 Å². The van der Waals surface area contributed by atoms with Gasteiger partial charge in [0.05, 0.1) is 0 Å². The number of oxime groups is 1. The third-order valence-corrected chi connectivity index (χ3v) is 5.99. The van der Waals surface area contributed by atoms with Gasteiger partial charge in [0, 0.05) is 28.7 Å². The molecule has 5 rings (SSSR count). The second-order valence-corrected chi connectivity index (χ2v) is 7.89. The van der Waals surface area contributed by atoms with E-state index >= 15 is 0 Å². The standard InChI is InChI=1S/C29H23NO2/c31-28-26-19-11-10-12-22(26)20-21-27(28)30-32-29(23-13-4-1-5-14-23,24-15-6-2-7-16-24)25-17-8-3-9-18-25/h1-19H,20-21H2. The molecule has 0 amide bonds. The number of carbonyl (C=O) groups excluding carboxylic acids is 1. The fourth-order valence-electron chi connectivity index (χ4n) is 4.37. The van der Waals surface area contributed by atoms with Crippen LogP contribution in [0.15, 0.2) is 120 Å². The number of aryl methyl sites for hydroxylation is 1. The summed E-state index contributed by atoms with van der Waals surface area (Å²) in [5.74, 6) is -0.0602. The van der Waals surface area contributed by atoms with E-state index in [0.717, 1.165) is 28.7 Å². The van der Waals surface area contributed by atoms with Crippen LogP contribution in [-0.4, -0.2) is 11.5 Å². The molecule has 0 spiro atoms. The number of hydrogen-bond donors (Lipinski definition) is 0. The van der Waals surface area contributed by atoms with E-state index in [9.17, 15) is 4.79 Å². The summed E-state index contributed by atoms with van der Waals surface area (Å²) >= 11 is 0. The topological polar surface area (TPSA) is 38.7 Å². The van der Waals surface area contributed by atoms with Gasteiger partial charge in [-0.2, -0.15) is 0 Å². The Labute approximate surface area is 188 Å². The molecule has 4 aromatic carbocycles. The Balaban J connectivity index is 1.66. The maximum Gasteiger partial charge on any atom is 0.212 e. The van der Waals surface area contributed by atoms with E-state index in [0.29, 0.717) is 17.7 Å². The highest BCUT2D eigenvalue weighted by Crippen LogP contribution is 2.40. The molecule has 3 heteroatoms. The van der Waals surface area contributed by atoms with Gasteiger partial charge >= 0.3 is 0 Å². The molecule has 0 aromatic heterocycles. The number of hydrogen-bond acceptors (Lipinski definition) is 3. The number of rotatable bonds is 5. The van der Waals surface area contributed by atoms with E-state index in [1.807, 2.05) is 115 Å². The average Bonchev–Trinajstić information content (AvgIpc) is 2.88. The zero-order chi connectivity index (χ0) is 21.8. The normalized spacial score (nSPS) is 14.8. The van der Waals surface area contributed by atoms with Crippen molar-refractivity contribution in [1.29, 1.82) is 0 Å². The summed E-state index contributed by atoms with van der Waals surface area (Å²) in [6, 6.07) is 37.9. The van der Waals surface area contributed by atoms with Crippen LogP contribution in [0.2, 0.25) is 0 Å². The van der Waals surface area contributed by atoms with Crippen molar-refractivity contribution in [2.45, 2.75) is 18.4 Å². The third kappa shape index (κ3) is 3.52. The summed E-state index contributed by atoms with van der Waals surface area (Å²) in [5.41, 5.74) is 4.11. The first kappa shape index (κ1) is 20.0. The Hall–Kier alpha value is -3.98. The number of nitrogens with zero attached hydrogens (tertiary/aromatic N) is 1. The first-order chi connectivity index (χ1) is 15.8. The molecule has 0 N–H and O–H groups in total. The first-order valence-corrected chi connectivity index (χ1v) is 10.8. The predicted molar refractivity (Wildman–Crippen MR) is 127 cm³/mol. The van der Waals surface area contributed by atoms with Gasteiger partial charge in [-0.15, -0.1) is 0 Å². The van der Waals surface area contributed by atoms with Gasteiger partial charge in [0.15, 0.2) is 0 Å². The van der Waals surface area contributed by atoms with Crippen molar-refractivity contribution < 1.29 is 9.63 Å². The van der Waals surface area contributed by atoms with Gasteiger partial charge in [0.2, 0.25) is 11.4 Å². The van der Waals surface area contributed by atoms with Crippen molar-refractivity contribution in [1.82, 2.24) is 0 Å². The molecule has 0 saturated heterocycles. The number of ketones is 1. The first-order valence-electron chi connectivity index (χ1n) is 10.8. The fraction of sp³-hybridized carbons (Fsp3) is 0.103. The van der Waals surface area contributed by atoms with Gasteiger partial charge in [0.1, 0.15) is 5.71 Å². The smallest absolute Gasteiger partial charge is 0.212 e. The van der Waals surface area contributed by atoms with Crippen molar-refractivity contribution in [3.8, 4) is 0 Å². The van der Waals surface area contributed by atoms with Crippen LogP contribution in [0.5, 0.6) is 0 Å². The number of Topliss-reactive ketones (excluding diaryl/α,β-unsaturated/α-hetero) is 1. The molecule has 4 aromatic rings. The van der Waals surface area contributed by atoms with Crippen molar-refractivity contribution in [3.05, 3.63) is 143 Å². The zero-order valence-corrected chi connectivity index (χ0v) is 17.6. The molecular weight excluding hydrogens is 394 g/mol. The Bertz CT molecular complexity index is 1150. The molecule has 32 heavy (non-hydrogen) atoms. The Morgan fingerprint density at radius 2 is 1.06 bits per heavy atom. The summed E-state index contributed by atoms with van der Waals surface area (Å²) in [7, 11) is 0. The van der Waals surface area contributed by atoms with E-state index < -0.39 is 5.60 Å². The van der Waals surface area contributed by atoms with Gasteiger partial charge in [-0.1, -0.05) is 120 Å². The molecular formula is C29H23NO2. The van der Waals surface area contributed by atoms with Gasteiger partial charge in [0.25, 0.3) is 0 Å². The molecule has 0 aliphatic heterocycles. The van der Waals surface area contributed by atoms with Crippen molar-refractivity contribution in [3.63, 3.8) is 0 Å². The minimum atomic E-state index is -0.978. The lowest BCUT2D eigenvalue weighted by Crippen LogP contribution is -2.32. The minimum Gasteiger partial charge on any atom is -0.374 e. The maximum atomic E-state index is 13.1. The molecule has 3 nitrogen and oxygen atoms in total. The van der Waals surface area contributed by atoms with Crippen LogP contribution in [0, 0.1) is 0 Å². The predicted octanol–water partition coefficient (Wildman–Crippen LogP) is 6.18. The summed E-state index contributed by atoms with van der Waals surface area (Å²) < 4.78 is 0. The molecule has 0 atom stereocenters. The van der Waals surface area contributed by atoms with Crippen LogP contribution in [0.4, 0.5) is 0 Å². The minimum absolute atomic E-state index is 0.0602. The Kier molecular flexibility index (Phi) is 5.39. The van der Waals surface area contributed by atoms with E-state index in [4.69, 9.17) is 4.84 Å². The molecule has 0 bridgehead atoms. The average molecular weight is 418 g/mol. The molecule has 1 aliphatic rings. The van der Waals surface area contributed by atoms with E-state index in [-0.39, 0.29) is 5.78 Å². The molecule has 0 unspecified atom stereocenters. The summed E-state index contributed by atoms with van der Waals surface area (Å²) in [6.07, 6.45) is 1.34. The molecule has 0 saturated carbocycles. The third-order valence-electron chi connectivity index (χ3n) is 5.99. The Morgan fingerprint density at radius 3 is 1.59 bits per heavy atom. The number of fused-ring (bicyclic) bond motifs is 1. The maximum absolute atomic E-state index is 13.1. The van der Waals surface area contributed by atoms with Crippen molar-refractivity contribution >= 4 is 11.5 Å². The molecule has 0 fully saturated rings. The van der Waals surface area contributed by atoms with Crippen LogP contribution in [-0.2, 0) is 16.9 Å². The lowest BCUT2D eigenvalue weighted by Gasteiger charge is -2.33. The van der Waals surface area contributed by atoms with Gasteiger partial charge in [-0.25, -0.2) is 0 Å². The van der Waals surface area contributed by atoms with Gasteiger partial charge in [-0.3, -0.25) is 4.79 Å². The largest absolute Gasteiger partial charge is 0.374 e. The van der Waals surface area contributed by atoms with Crippen LogP contribution in [0.3, 0.4) is 0 Å². The monoisotopic (exact) mass is 417 g/mol. The van der Waals surface area contributed by atoms with Crippen molar-refractivity contribution in [2.75, 3.05) is 0 Å². The van der Waals surface area contributed by atoms with E-state index in [1.54, 1.807) is 0 Å². The second-order valence-electron chi connectivity index (χ2n) is 7.89. The second kappa shape index (κ2) is 8.64. The van der Waals surface area contributed by atoms with Crippen molar-refractivity contribution in [2.24, 2.45) is 5.16 Å². The van der Waals surface area contributed by atoms with Gasteiger partial charge in [-0.05, 0) is 12.0 Å². The molecule has 0 heterocycles. The molecule has 0 radical (unpaired) electrons. The SMILES string of the molecule is O=C1C(=NOC(c2ccccc2)(c2ccccc2)c2ccccc2)CCc2ccccc21. The number of benzene rings is 4. The summed E-state index contributed by atoms with van der Waals surface area (Å²) in [4.78, 5) is 19.6. The molecule has 1 aliphatic carbocycles. The van der Waals surface area contributed by atoms with Crippen LogP contribution in [0.25, 0.3) is 0 Å². The lowest BCUT2D eigenvalue weighted by molar-refractivity contribution is 0.0165. The Morgan fingerprint density at radius 1 is 0.594 bits per heavy atom. The quantitative estimate of drug-likeness (QED) is 0.287. The lowest BCUT2D eigenvalue weighted by atomic mass is 9.80. The van der Waals surface area contributed by atoms with Gasteiger partial charge < -0.3 is 4.84 Å². The highest BCUT2D eigenvalue weighted by molar-refractivity contribution is 6.47.